The molecule has 1 unspecified atom stereocenters. The fourth-order valence-corrected chi connectivity index (χ4v) is 3.96. The molecule has 1 fully saturated rings. The van der Waals surface area contributed by atoms with Crippen molar-refractivity contribution in [1.82, 2.24) is 25.3 Å². The molecule has 1 aromatic heterocycles. The Kier molecular flexibility index (Phi) is 7.52. The zero-order valence-electron chi connectivity index (χ0n) is 18.2. The molecule has 4 rings (SSSR count). The van der Waals surface area contributed by atoms with Gasteiger partial charge in [0.1, 0.15) is 0 Å². The predicted molar refractivity (Wildman–Crippen MR) is 124 cm³/mol. The smallest absolute Gasteiger partial charge is 0.244 e. The topological polar surface area (TPSA) is 74.5 Å². The molecule has 1 saturated heterocycles. The number of aromatic nitrogens is 2. The molecule has 1 amide bonds. The Labute approximate surface area is 193 Å². The molecular formula is C24H28ClN5O2. The summed E-state index contributed by atoms with van der Waals surface area (Å²) in [7, 11) is 0. The first-order chi connectivity index (χ1) is 15.6. The van der Waals surface area contributed by atoms with Crippen LogP contribution in [-0.2, 0) is 11.2 Å². The van der Waals surface area contributed by atoms with E-state index in [0.717, 1.165) is 48.7 Å². The van der Waals surface area contributed by atoms with E-state index < -0.39 is 0 Å². The molecular weight excluding hydrogens is 426 g/mol. The van der Waals surface area contributed by atoms with Crippen LogP contribution >= 0.6 is 11.6 Å². The lowest BCUT2D eigenvalue weighted by Gasteiger charge is -2.36. The molecule has 3 aromatic rings. The normalized spacial score (nSPS) is 16.1. The summed E-state index contributed by atoms with van der Waals surface area (Å²) >= 11 is 5.91. The molecule has 0 radical (unpaired) electrons. The summed E-state index contributed by atoms with van der Waals surface area (Å²) in [6.45, 7) is 6.48. The highest BCUT2D eigenvalue weighted by molar-refractivity contribution is 6.30. The number of benzene rings is 2. The lowest BCUT2D eigenvalue weighted by atomic mass is 10.1. The molecule has 0 aliphatic carbocycles. The van der Waals surface area contributed by atoms with Crippen LogP contribution in [0.4, 0.5) is 0 Å². The van der Waals surface area contributed by atoms with E-state index in [1.807, 2.05) is 54.6 Å². The number of nitrogens with zero attached hydrogens (tertiary/aromatic N) is 4. The van der Waals surface area contributed by atoms with E-state index in [0.29, 0.717) is 24.8 Å². The fourth-order valence-electron chi connectivity index (χ4n) is 3.83. The summed E-state index contributed by atoms with van der Waals surface area (Å²) in [6, 6.07) is 17.6. The molecule has 8 heteroatoms. The maximum Gasteiger partial charge on any atom is 0.244 e. The van der Waals surface area contributed by atoms with Gasteiger partial charge in [0.2, 0.25) is 17.6 Å². The first-order valence-corrected chi connectivity index (χ1v) is 11.3. The Morgan fingerprint density at radius 2 is 1.81 bits per heavy atom. The number of piperazine rings is 1. The monoisotopic (exact) mass is 453 g/mol. The second-order valence-electron chi connectivity index (χ2n) is 8.04. The van der Waals surface area contributed by atoms with Crippen molar-refractivity contribution in [3.05, 3.63) is 71.1 Å². The third-order valence-electron chi connectivity index (χ3n) is 5.80. The van der Waals surface area contributed by atoms with Crippen molar-refractivity contribution < 1.29 is 9.32 Å². The van der Waals surface area contributed by atoms with Gasteiger partial charge in [-0.25, -0.2) is 0 Å². The Morgan fingerprint density at radius 1 is 1.09 bits per heavy atom. The maximum atomic E-state index is 12.3. The van der Waals surface area contributed by atoms with E-state index in [2.05, 4.69) is 32.2 Å². The van der Waals surface area contributed by atoms with Crippen molar-refractivity contribution in [1.29, 1.82) is 0 Å². The fraction of sp³-hybridized carbons (Fsp3) is 0.375. The SMILES string of the molecule is CC(c1nc(-c2ccccc2)no1)N1CCN(CC(=O)NCCc2ccc(Cl)cc2)CC1. The van der Waals surface area contributed by atoms with Gasteiger partial charge in [-0.3, -0.25) is 14.6 Å². The molecule has 7 nitrogen and oxygen atoms in total. The average molecular weight is 454 g/mol. The van der Waals surface area contributed by atoms with Crippen LogP contribution in [-0.4, -0.2) is 65.1 Å². The van der Waals surface area contributed by atoms with Gasteiger partial charge < -0.3 is 9.84 Å². The highest BCUT2D eigenvalue weighted by Crippen LogP contribution is 2.23. The third kappa shape index (κ3) is 5.94. The van der Waals surface area contributed by atoms with Gasteiger partial charge in [-0.2, -0.15) is 4.98 Å². The van der Waals surface area contributed by atoms with Gasteiger partial charge in [-0.1, -0.05) is 59.2 Å². The predicted octanol–water partition coefficient (Wildman–Crippen LogP) is 3.43. The minimum atomic E-state index is 0.0373. The van der Waals surface area contributed by atoms with Crippen molar-refractivity contribution in [2.24, 2.45) is 0 Å². The lowest BCUT2D eigenvalue weighted by Crippen LogP contribution is -2.50. The highest BCUT2D eigenvalue weighted by Gasteiger charge is 2.26. The molecule has 1 aliphatic rings. The number of carbonyl (C=O) groups excluding carboxylic acids is 1. The van der Waals surface area contributed by atoms with Crippen molar-refractivity contribution in [3.63, 3.8) is 0 Å². The quantitative estimate of drug-likeness (QED) is 0.563. The van der Waals surface area contributed by atoms with E-state index in [1.54, 1.807) is 0 Å². The minimum Gasteiger partial charge on any atom is -0.355 e. The van der Waals surface area contributed by atoms with Gasteiger partial charge in [0, 0.05) is 43.3 Å². The maximum absolute atomic E-state index is 12.3. The van der Waals surface area contributed by atoms with Crippen LogP contribution < -0.4 is 5.32 Å². The van der Waals surface area contributed by atoms with Crippen LogP contribution in [0.5, 0.6) is 0 Å². The number of nitrogens with one attached hydrogen (secondary N) is 1. The average Bonchev–Trinajstić information content (AvgIpc) is 3.31. The van der Waals surface area contributed by atoms with Crippen LogP contribution in [0.3, 0.4) is 0 Å². The number of hydrogen-bond acceptors (Lipinski definition) is 6. The summed E-state index contributed by atoms with van der Waals surface area (Å²) in [6.07, 6.45) is 0.795. The molecule has 2 aromatic carbocycles. The van der Waals surface area contributed by atoms with Crippen LogP contribution in [0.2, 0.25) is 5.02 Å². The number of halogens is 1. The van der Waals surface area contributed by atoms with Crippen LogP contribution in [0.1, 0.15) is 24.4 Å². The van der Waals surface area contributed by atoms with Crippen molar-refractivity contribution in [2.75, 3.05) is 39.3 Å². The van der Waals surface area contributed by atoms with Gasteiger partial charge in [0.25, 0.3) is 0 Å². The Balaban J connectivity index is 1.19. The van der Waals surface area contributed by atoms with Crippen LogP contribution in [0, 0.1) is 0 Å². The van der Waals surface area contributed by atoms with Crippen LogP contribution in [0.25, 0.3) is 11.4 Å². The minimum absolute atomic E-state index is 0.0373. The molecule has 1 N–H and O–H groups in total. The summed E-state index contributed by atoms with van der Waals surface area (Å²) in [4.78, 5) is 21.4. The van der Waals surface area contributed by atoms with Crippen molar-refractivity contribution >= 4 is 17.5 Å². The molecule has 1 aliphatic heterocycles. The largest absolute Gasteiger partial charge is 0.355 e. The molecule has 0 spiro atoms. The van der Waals surface area contributed by atoms with Crippen LogP contribution in [0.15, 0.2) is 59.1 Å². The number of hydrogen-bond donors (Lipinski definition) is 1. The third-order valence-corrected chi connectivity index (χ3v) is 6.05. The van der Waals surface area contributed by atoms with E-state index in [9.17, 15) is 4.79 Å². The van der Waals surface area contributed by atoms with Gasteiger partial charge in [-0.15, -0.1) is 0 Å². The Bertz CT molecular complexity index is 1000. The van der Waals surface area contributed by atoms with Gasteiger partial charge in [-0.05, 0) is 31.0 Å². The molecule has 2 heterocycles. The van der Waals surface area contributed by atoms with E-state index in [4.69, 9.17) is 16.1 Å². The Morgan fingerprint density at radius 3 is 2.53 bits per heavy atom. The summed E-state index contributed by atoms with van der Waals surface area (Å²) in [5.74, 6) is 1.29. The summed E-state index contributed by atoms with van der Waals surface area (Å²) in [5.41, 5.74) is 2.11. The van der Waals surface area contributed by atoms with E-state index >= 15 is 0 Å². The Hall–Kier alpha value is -2.74. The number of carbonyl (C=O) groups is 1. The second kappa shape index (κ2) is 10.7. The van der Waals surface area contributed by atoms with Crippen molar-refractivity contribution in [2.45, 2.75) is 19.4 Å². The van der Waals surface area contributed by atoms with Crippen molar-refractivity contribution in [3.8, 4) is 11.4 Å². The zero-order valence-corrected chi connectivity index (χ0v) is 19.0. The zero-order chi connectivity index (χ0) is 22.3. The molecule has 0 bridgehead atoms. The molecule has 32 heavy (non-hydrogen) atoms. The highest BCUT2D eigenvalue weighted by atomic mass is 35.5. The van der Waals surface area contributed by atoms with Gasteiger partial charge in [0.05, 0.1) is 12.6 Å². The van der Waals surface area contributed by atoms with Gasteiger partial charge >= 0.3 is 0 Å². The second-order valence-corrected chi connectivity index (χ2v) is 8.47. The summed E-state index contributed by atoms with van der Waals surface area (Å²) < 4.78 is 5.52. The lowest BCUT2D eigenvalue weighted by molar-refractivity contribution is -0.122. The number of amides is 1. The molecule has 168 valence electrons. The standard InChI is InChI=1S/C24H28ClN5O2/c1-18(24-27-23(28-32-24)20-5-3-2-4-6-20)30-15-13-29(14-16-30)17-22(31)26-12-11-19-7-9-21(25)10-8-19/h2-10,18H,11-17H2,1H3,(H,26,31). The summed E-state index contributed by atoms with van der Waals surface area (Å²) in [5, 5.41) is 7.86. The first kappa shape index (κ1) is 22.5. The molecule has 0 saturated carbocycles. The van der Waals surface area contributed by atoms with E-state index in [-0.39, 0.29) is 11.9 Å². The van der Waals surface area contributed by atoms with Gasteiger partial charge in [0.15, 0.2) is 0 Å². The number of rotatable bonds is 8. The molecule has 1 atom stereocenters. The first-order valence-electron chi connectivity index (χ1n) is 10.9. The van der Waals surface area contributed by atoms with E-state index in [1.165, 1.54) is 0 Å².